The molecule has 0 aliphatic rings. The second-order valence-corrected chi connectivity index (χ2v) is 6.54. The summed E-state index contributed by atoms with van der Waals surface area (Å²) in [6, 6.07) is 15.7. The summed E-state index contributed by atoms with van der Waals surface area (Å²) in [6.45, 7) is 3.32. The minimum absolute atomic E-state index is 0.151. The predicted molar refractivity (Wildman–Crippen MR) is 110 cm³/mol. The highest BCUT2D eigenvalue weighted by atomic mass is 35.5. The third kappa shape index (κ3) is 5.05. The number of hydrogen-bond acceptors (Lipinski definition) is 5. The van der Waals surface area contributed by atoms with E-state index in [9.17, 15) is 9.59 Å². The minimum atomic E-state index is -0.378. The number of anilines is 4. The van der Waals surface area contributed by atoms with Gasteiger partial charge < -0.3 is 16.0 Å². The summed E-state index contributed by atoms with van der Waals surface area (Å²) in [5.41, 5.74) is 3.09. The number of hydrogen-bond donors (Lipinski definition) is 3. The Morgan fingerprint density at radius 2 is 1.71 bits per heavy atom. The molecule has 3 N–H and O–H groups in total. The Morgan fingerprint density at radius 3 is 2.43 bits per heavy atom. The lowest BCUT2D eigenvalue weighted by Crippen LogP contribution is -2.15. The van der Waals surface area contributed by atoms with Crippen molar-refractivity contribution in [1.82, 2.24) is 10.2 Å². The lowest BCUT2D eigenvalue weighted by molar-refractivity contribution is -0.114. The second-order valence-electron chi connectivity index (χ2n) is 6.10. The van der Waals surface area contributed by atoms with Gasteiger partial charge in [0, 0.05) is 29.0 Å². The van der Waals surface area contributed by atoms with Gasteiger partial charge in [0.15, 0.2) is 11.5 Å². The van der Waals surface area contributed by atoms with Gasteiger partial charge in [0.05, 0.1) is 0 Å². The average Bonchev–Trinajstić information content (AvgIpc) is 2.65. The zero-order chi connectivity index (χ0) is 20.1. The first-order valence-corrected chi connectivity index (χ1v) is 8.84. The number of nitrogens with one attached hydrogen (secondary N) is 3. The van der Waals surface area contributed by atoms with Crippen LogP contribution in [0.1, 0.15) is 23.0 Å². The molecule has 0 aliphatic carbocycles. The van der Waals surface area contributed by atoms with Crippen LogP contribution in [0.15, 0.2) is 54.6 Å². The van der Waals surface area contributed by atoms with Crippen LogP contribution >= 0.6 is 11.6 Å². The van der Waals surface area contributed by atoms with Crippen LogP contribution in [0.2, 0.25) is 5.02 Å². The van der Waals surface area contributed by atoms with Crippen LogP contribution in [0.4, 0.5) is 22.9 Å². The number of amides is 2. The van der Waals surface area contributed by atoms with Gasteiger partial charge in [0.25, 0.3) is 5.91 Å². The Hall–Kier alpha value is -3.45. The number of aromatic nitrogens is 2. The van der Waals surface area contributed by atoms with Gasteiger partial charge in [-0.2, -0.15) is 0 Å². The largest absolute Gasteiger partial charge is 0.339 e. The molecule has 3 rings (SSSR count). The van der Waals surface area contributed by atoms with Gasteiger partial charge in [-0.15, -0.1) is 10.2 Å². The zero-order valence-corrected chi connectivity index (χ0v) is 16.0. The molecule has 0 bridgehead atoms. The summed E-state index contributed by atoms with van der Waals surface area (Å²) in [5, 5.41) is 17.1. The SMILES string of the molecule is CC(=O)Nc1cccc(Nc2ccc(C(=O)Nc3cc(Cl)ccc3C)nn2)c1. The van der Waals surface area contributed by atoms with Crippen molar-refractivity contribution < 1.29 is 9.59 Å². The van der Waals surface area contributed by atoms with Gasteiger partial charge in [0.1, 0.15) is 0 Å². The molecule has 3 aromatic rings. The fourth-order valence-electron chi connectivity index (χ4n) is 2.46. The number of rotatable bonds is 5. The van der Waals surface area contributed by atoms with Crippen molar-refractivity contribution in [1.29, 1.82) is 0 Å². The summed E-state index contributed by atoms with van der Waals surface area (Å²) in [5.74, 6) is -0.0604. The maximum atomic E-state index is 12.4. The molecule has 0 saturated heterocycles. The predicted octanol–water partition coefficient (Wildman–Crippen LogP) is 4.39. The van der Waals surface area contributed by atoms with Crippen LogP contribution < -0.4 is 16.0 Å². The number of benzene rings is 2. The average molecular weight is 396 g/mol. The minimum Gasteiger partial charge on any atom is -0.339 e. The van der Waals surface area contributed by atoms with E-state index in [1.54, 1.807) is 42.5 Å². The summed E-state index contributed by atoms with van der Waals surface area (Å²) in [7, 11) is 0. The molecule has 0 saturated carbocycles. The first-order chi connectivity index (χ1) is 13.4. The van der Waals surface area contributed by atoms with Crippen LogP contribution in [0, 0.1) is 6.92 Å². The lowest BCUT2D eigenvalue weighted by atomic mass is 10.2. The van der Waals surface area contributed by atoms with E-state index in [-0.39, 0.29) is 17.5 Å². The van der Waals surface area contributed by atoms with Gasteiger partial charge in [-0.25, -0.2) is 0 Å². The molecular formula is C20H18ClN5O2. The first kappa shape index (κ1) is 19.3. The van der Waals surface area contributed by atoms with Gasteiger partial charge in [-0.3, -0.25) is 9.59 Å². The van der Waals surface area contributed by atoms with Crippen molar-refractivity contribution >= 4 is 46.3 Å². The van der Waals surface area contributed by atoms with Gasteiger partial charge in [0.2, 0.25) is 5.91 Å². The number of carbonyl (C=O) groups excluding carboxylic acids is 2. The molecule has 28 heavy (non-hydrogen) atoms. The fraction of sp³-hybridized carbons (Fsp3) is 0.100. The van der Waals surface area contributed by atoms with Crippen LogP contribution in [0.3, 0.4) is 0 Å². The Morgan fingerprint density at radius 1 is 0.929 bits per heavy atom. The molecular weight excluding hydrogens is 378 g/mol. The zero-order valence-electron chi connectivity index (χ0n) is 15.3. The highest BCUT2D eigenvalue weighted by molar-refractivity contribution is 6.31. The summed E-state index contributed by atoms with van der Waals surface area (Å²) < 4.78 is 0. The number of carbonyl (C=O) groups is 2. The number of nitrogens with zero attached hydrogens (tertiary/aromatic N) is 2. The monoisotopic (exact) mass is 395 g/mol. The van der Waals surface area contributed by atoms with E-state index < -0.39 is 0 Å². The lowest BCUT2D eigenvalue weighted by Gasteiger charge is -2.09. The maximum absolute atomic E-state index is 12.4. The van der Waals surface area contributed by atoms with Gasteiger partial charge in [-0.05, 0) is 55.0 Å². The Labute approximate surface area is 167 Å². The smallest absolute Gasteiger partial charge is 0.276 e. The molecule has 1 heterocycles. The molecule has 0 radical (unpaired) electrons. The van der Waals surface area contributed by atoms with Crippen molar-refractivity contribution in [2.75, 3.05) is 16.0 Å². The third-order valence-electron chi connectivity index (χ3n) is 3.80. The van der Waals surface area contributed by atoms with E-state index in [1.807, 2.05) is 19.1 Å². The molecule has 2 aromatic carbocycles. The first-order valence-electron chi connectivity index (χ1n) is 8.46. The quantitative estimate of drug-likeness (QED) is 0.595. The van der Waals surface area contributed by atoms with E-state index in [1.165, 1.54) is 6.92 Å². The van der Waals surface area contributed by atoms with Crippen LogP contribution in [-0.4, -0.2) is 22.0 Å². The van der Waals surface area contributed by atoms with Crippen molar-refractivity contribution in [3.05, 3.63) is 70.9 Å². The summed E-state index contributed by atoms with van der Waals surface area (Å²) in [4.78, 5) is 23.5. The van der Waals surface area contributed by atoms with E-state index in [0.717, 1.165) is 11.3 Å². The number of aryl methyl sites for hydroxylation is 1. The van der Waals surface area contributed by atoms with E-state index in [0.29, 0.717) is 22.2 Å². The van der Waals surface area contributed by atoms with Crippen molar-refractivity contribution in [2.24, 2.45) is 0 Å². The van der Waals surface area contributed by atoms with Crippen LogP contribution in [0.5, 0.6) is 0 Å². The van der Waals surface area contributed by atoms with Gasteiger partial charge >= 0.3 is 0 Å². The Bertz CT molecular complexity index is 1020. The van der Waals surface area contributed by atoms with E-state index in [2.05, 4.69) is 26.1 Å². The molecule has 0 fully saturated rings. The fourth-order valence-corrected chi connectivity index (χ4v) is 2.63. The molecule has 2 amide bonds. The second kappa shape index (κ2) is 8.49. The van der Waals surface area contributed by atoms with E-state index in [4.69, 9.17) is 11.6 Å². The Kier molecular flexibility index (Phi) is 5.86. The molecule has 0 spiro atoms. The normalized spacial score (nSPS) is 10.2. The molecule has 7 nitrogen and oxygen atoms in total. The third-order valence-corrected chi connectivity index (χ3v) is 4.04. The maximum Gasteiger partial charge on any atom is 0.276 e. The van der Waals surface area contributed by atoms with Crippen molar-refractivity contribution in [2.45, 2.75) is 13.8 Å². The molecule has 8 heteroatoms. The molecule has 0 aliphatic heterocycles. The molecule has 0 unspecified atom stereocenters. The highest BCUT2D eigenvalue weighted by Crippen LogP contribution is 2.21. The van der Waals surface area contributed by atoms with Crippen molar-refractivity contribution in [3.63, 3.8) is 0 Å². The van der Waals surface area contributed by atoms with Crippen LogP contribution in [-0.2, 0) is 4.79 Å². The van der Waals surface area contributed by atoms with Crippen molar-refractivity contribution in [3.8, 4) is 0 Å². The molecule has 0 atom stereocenters. The molecule has 1 aromatic heterocycles. The highest BCUT2D eigenvalue weighted by Gasteiger charge is 2.11. The molecule has 142 valence electrons. The number of halogens is 1. The standard InChI is InChI=1S/C20H18ClN5O2/c1-12-6-7-14(21)10-18(12)24-20(28)17-8-9-19(26-25-17)23-16-5-3-4-15(11-16)22-13(2)27/h3-11H,1-2H3,(H,22,27)(H,23,26)(H,24,28). The van der Waals surface area contributed by atoms with Gasteiger partial charge in [-0.1, -0.05) is 23.7 Å². The topological polar surface area (TPSA) is 96.0 Å². The Balaban J connectivity index is 1.68. The summed E-state index contributed by atoms with van der Waals surface area (Å²) in [6.07, 6.45) is 0. The van der Waals surface area contributed by atoms with Crippen LogP contribution in [0.25, 0.3) is 0 Å². The summed E-state index contributed by atoms with van der Waals surface area (Å²) >= 11 is 5.97. The van der Waals surface area contributed by atoms with E-state index >= 15 is 0 Å².